The maximum atomic E-state index is 5.90. The van der Waals surface area contributed by atoms with Crippen LogP contribution in [0.4, 0.5) is 68.2 Å². The summed E-state index contributed by atoms with van der Waals surface area (Å²) in [4.78, 5) is 26.8. The number of aromatic nitrogens is 5. The van der Waals surface area contributed by atoms with E-state index in [0.29, 0.717) is 17.7 Å². The van der Waals surface area contributed by atoms with Gasteiger partial charge in [-0.15, -0.1) is 0 Å². The van der Waals surface area contributed by atoms with Crippen LogP contribution in [0.15, 0.2) is 364 Å². The van der Waals surface area contributed by atoms with Crippen LogP contribution in [0, 0.1) is 41.5 Å². The van der Waals surface area contributed by atoms with Crippen LogP contribution in [0.5, 0.6) is 0 Å². The van der Waals surface area contributed by atoms with Crippen LogP contribution < -0.4 is 36.0 Å². The number of para-hydroxylation sites is 8. The monoisotopic (exact) mass is 1400 g/mol. The van der Waals surface area contributed by atoms with Crippen LogP contribution in [0.25, 0.3) is 66.9 Å². The number of anilines is 12. The Morgan fingerprint density at radius 1 is 0.229 bits per heavy atom. The summed E-state index contributed by atoms with van der Waals surface area (Å²) in [7, 11) is 0. The Hall–Kier alpha value is -13.8. The Morgan fingerprint density at radius 2 is 0.459 bits per heavy atom. The second kappa shape index (κ2) is 28.6. The fourth-order valence-corrected chi connectivity index (χ4v) is 16.7. The summed E-state index contributed by atoms with van der Waals surface area (Å²) in [6.07, 6.45) is 0. The molecule has 109 heavy (non-hydrogen) atoms. The van der Waals surface area contributed by atoms with Crippen molar-refractivity contribution < 1.29 is 0 Å². The molecule has 3 heterocycles. The number of nitrogens with zero attached hydrogens (tertiary/aromatic N) is 9. The van der Waals surface area contributed by atoms with Crippen molar-refractivity contribution in [2.24, 2.45) is 0 Å². The van der Waals surface area contributed by atoms with Gasteiger partial charge in [-0.25, -0.2) is 0 Å². The van der Waals surface area contributed by atoms with Gasteiger partial charge in [0, 0.05) is 95.4 Å². The predicted octanol–water partition coefficient (Wildman–Crippen LogP) is 24.0. The normalized spacial score (nSPS) is 11.4. The minimum atomic E-state index is -0.0432. The predicted molar refractivity (Wildman–Crippen MR) is 459 cm³/mol. The molecule has 522 valence electrons. The van der Waals surface area contributed by atoms with E-state index in [1.165, 1.54) is 49.8 Å². The van der Waals surface area contributed by atoms with Gasteiger partial charge < -0.3 is 19.6 Å². The zero-order valence-electron chi connectivity index (χ0n) is 61.7. The number of benzene rings is 15. The first-order chi connectivity index (χ1) is 53.5. The largest absolute Gasteiger partial charge is 0.310 e. The van der Waals surface area contributed by atoms with Gasteiger partial charge in [0.05, 0.1) is 22.1 Å². The first-order valence-corrected chi connectivity index (χ1v) is 37.4. The molecule has 3 aromatic heterocycles. The zero-order valence-corrected chi connectivity index (χ0v) is 61.7. The molecule has 0 fully saturated rings. The molecular weight excluding hydrogens is 1330 g/mol. The number of hydrogen-bond acceptors (Lipinski definition) is 7. The first-order valence-electron chi connectivity index (χ1n) is 37.4. The third kappa shape index (κ3) is 12.6. The minimum Gasteiger partial charge on any atom is -0.310 e. The quantitative estimate of drug-likeness (QED) is 0.0793. The summed E-state index contributed by atoms with van der Waals surface area (Å²) >= 11 is 0. The SMILES string of the molecule is Cc1cc(C)c(B(c2ccc(-c3nc(-n4c5ccc(N(c6ccccc6)c6ccccc6)cc5c5cc(N(c6ccccc6)c6ccccc6)ccc54)nc(-n4c5ccc(N(c6ccccc6)c6ccccc6)cc5c5cc(N(c6ccccc6)c6ccccc6)ccc54)n3)cc2)c2c(C)cc(C)cc2C)c(C)c1. The van der Waals surface area contributed by atoms with Crippen molar-refractivity contribution in [3.05, 3.63) is 397 Å². The smallest absolute Gasteiger partial charge is 0.242 e. The van der Waals surface area contributed by atoms with Gasteiger partial charge in [-0.2, -0.15) is 15.0 Å². The third-order valence-electron chi connectivity index (χ3n) is 21.2. The number of fused-ring (bicyclic) bond motifs is 6. The number of hydrogen-bond donors (Lipinski definition) is 0. The molecule has 0 aliphatic carbocycles. The van der Waals surface area contributed by atoms with Gasteiger partial charge in [0.2, 0.25) is 18.6 Å². The molecule has 0 N–H and O–H groups in total. The van der Waals surface area contributed by atoms with Gasteiger partial charge in [-0.05, 0) is 211 Å². The fraction of sp³-hybridized carbons (Fsp3) is 0.0606. The van der Waals surface area contributed by atoms with Gasteiger partial charge in [-0.1, -0.05) is 244 Å². The van der Waals surface area contributed by atoms with Gasteiger partial charge in [-0.3, -0.25) is 9.13 Å². The maximum Gasteiger partial charge on any atom is 0.242 e. The standard InChI is InChI=1S/C99H78BN9/c1-67-59-69(3)95(70(4)60-67)100(96-71(5)61-68(2)62-72(96)6)74-49-47-73(48-50-74)97-101-98(108-91-55-51-83(104(75-31-15-7-16-32-75)76-33-17-8-18-34-76)63-87(91)88-64-84(52-56-92(88)108)105(77-35-19-9-20-36-77)78-37-21-10-22-38-78)103-99(102-97)109-93-57-53-85(106(79-39-23-11-24-40-79)80-41-25-12-26-42-80)65-89(93)90-66-86(54-58-94(90)109)107(81-43-27-13-28-44-81)82-45-29-14-30-46-82/h7-66H,1-6H3. The van der Waals surface area contributed by atoms with Crippen molar-refractivity contribution in [3.63, 3.8) is 0 Å². The van der Waals surface area contributed by atoms with Crippen LogP contribution in [0.2, 0.25) is 0 Å². The summed E-state index contributed by atoms with van der Waals surface area (Å²) < 4.78 is 4.51. The molecule has 0 radical (unpaired) electrons. The van der Waals surface area contributed by atoms with Gasteiger partial charge in [0.15, 0.2) is 5.82 Å². The average Bonchev–Trinajstić information content (AvgIpc) is 1.51. The molecule has 10 heteroatoms. The van der Waals surface area contributed by atoms with E-state index in [2.05, 4.69) is 434 Å². The van der Waals surface area contributed by atoms with E-state index in [0.717, 1.165) is 117 Å². The Morgan fingerprint density at radius 3 is 0.688 bits per heavy atom. The molecule has 9 nitrogen and oxygen atoms in total. The van der Waals surface area contributed by atoms with Crippen LogP contribution in [0.3, 0.4) is 0 Å². The third-order valence-corrected chi connectivity index (χ3v) is 21.2. The van der Waals surface area contributed by atoms with Crippen molar-refractivity contribution in [1.82, 2.24) is 24.1 Å². The topological polar surface area (TPSA) is 61.5 Å². The lowest BCUT2D eigenvalue weighted by Crippen LogP contribution is -2.55. The summed E-state index contributed by atoms with van der Waals surface area (Å²) in [6.45, 7) is 13.4. The molecular formula is C99H78BN9. The van der Waals surface area contributed by atoms with Crippen LogP contribution in [0.1, 0.15) is 33.4 Å². The summed E-state index contributed by atoms with van der Waals surface area (Å²) in [5.74, 6) is 1.46. The second-order valence-electron chi connectivity index (χ2n) is 28.4. The molecule has 18 aromatic rings. The molecule has 0 amide bonds. The lowest BCUT2D eigenvalue weighted by molar-refractivity contribution is 0.893. The Labute approximate surface area is 636 Å². The summed E-state index contributed by atoms with van der Waals surface area (Å²) in [5.41, 5.74) is 28.3. The van der Waals surface area contributed by atoms with E-state index in [1.807, 2.05) is 0 Å². The highest BCUT2D eigenvalue weighted by Gasteiger charge is 2.31. The van der Waals surface area contributed by atoms with Crippen LogP contribution >= 0.6 is 0 Å². The van der Waals surface area contributed by atoms with Crippen molar-refractivity contribution in [2.45, 2.75) is 41.5 Å². The average molecular weight is 1400 g/mol. The van der Waals surface area contributed by atoms with Crippen LogP contribution in [-0.4, -0.2) is 30.8 Å². The van der Waals surface area contributed by atoms with Crippen molar-refractivity contribution in [1.29, 1.82) is 0 Å². The molecule has 0 unspecified atom stereocenters. The Bertz CT molecular complexity index is 5510. The van der Waals surface area contributed by atoms with Gasteiger partial charge in [0.1, 0.15) is 0 Å². The molecule has 0 bridgehead atoms. The molecule has 0 saturated carbocycles. The Balaban J connectivity index is 0.915. The highest BCUT2D eigenvalue weighted by molar-refractivity contribution is 6.96. The molecule has 0 atom stereocenters. The fourth-order valence-electron chi connectivity index (χ4n) is 16.7. The van der Waals surface area contributed by atoms with E-state index >= 15 is 0 Å². The molecule has 0 spiro atoms. The first kappa shape index (κ1) is 67.1. The number of aryl methyl sites for hydroxylation is 6. The van der Waals surface area contributed by atoms with E-state index < -0.39 is 0 Å². The zero-order chi connectivity index (χ0) is 73.6. The van der Waals surface area contributed by atoms with Crippen molar-refractivity contribution in [2.75, 3.05) is 19.6 Å². The van der Waals surface area contributed by atoms with E-state index in [1.54, 1.807) is 0 Å². The summed E-state index contributed by atoms with van der Waals surface area (Å²) in [6, 6.07) is 131. The van der Waals surface area contributed by atoms with Crippen molar-refractivity contribution in [3.8, 4) is 23.3 Å². The number of rotatable bonds is 18. The maximum absolute atomic E-state index is 5.90. The highest BCUT2D eigenvalue weighted by atomic mass is 15.3. The Kier molecular flexibility index (Phi) is 17.6. The van der Waals surface area contributed by atoms with Gasteiger partial charge in [0.25, 0.3) is 0 Å². The van der Waals surface area contributed by atoms with Crippen molar-refractivity contribution >= 4 is 135 Å². The molecule has 0 aliphatic heterocycles. The molecule has 15 aromatic carbocycles. The van der Waals surface area contributed by atoms with E-state index in [-0.39, 0.29) is 6.71 Å². The lowest BCUT2D eigenvalue weighted by atomic mass is 9.34. The summed E-state index contributed by atoms with van der Waals surface area (Å²) in [5, 5.41) is 4.09. The highest BCUT2D eigenvalue weighted by Crippen LogP contribution is 2.46. The van der Waals surface area contributed by atoms with E-state index in [4.69, 9.17) is 15.0 Å². The molecule has 0 saturated heterocycles. The lowest BCUT2D eigenvalue weighted by Gasteiger charge is -2.26. The molecule has 18 rings (SSSR count). The molecule has 0 aliphatic rings. The van der Waals surface area contributed by atoms with Crippen LogP contribution in [-0.2, 0) is 0 Å². The van der Waals surface area contributed by atoms with Gasteiger partial charge >= 0.3 is 0 Å². The second-order valence-corrected chi connectivity index (χ2v) is 28.4. The van der Waals surface area contributed by atoms with E-state index in [9.17, 15) is 0 Å². The minimum absolute atomic E-state index is 0.0432.